The maximum atomic E-state index is 13.7. The van der Waals surface area contributed by atoms with Crippen molar-refractivity contribution in [3.63, 3.8) is 0 Å². The molecule has 0 bridgehead atoms. The molecule has 23 heavy (non-hydrogen) atoms. The molecule has 128 valence electrons. The number of unbranched alkanes of at least 4 members (excludes halogenated alkanes) is 1. The second-order valence-electron chi connectivity index (χ2n) is 6.70. The van der Waals surface area contributed by atoms with Gasteiger partial charge in [-0.3, -0.25) is 10.2 Å². The molecular formula is C17H23F3N2O. The van der Waals surface area contributed by atoms with E-state index in [0.717, 1.165) is 17.9 Å². The van der Waals surface area contributed by atoms with Crippen LogP contribution >= 0.6 is 0 Å². The first kappa shape index (κ1) is 17.8. The zero-order valence-corrected chi connectivity index (χ0v) is 13.7. The lowest BCUT2D eigenvalue weighted by atomic mass is 9.92. The Kier molecular flexibility index (Phi) is 5.04. The predicted octanol–water partition coefficient (Wildman–Crippen LogP) is 4.01. The molecule has 1 heterocycles. The molecule has 0 aromatic heterocycles. The van der Waals surface area contributed by atoms with Crippen molar-refractivity contribution in [2.75, 3.05) is 6.54 Å². The van der Waals surface area contributed by atoms with Crippen LogP contribution in [0.3, 0.4) is 0 Å². The summed E-state index contributed by atoms with van der Waals surface area (Å²) >= 11 is 0. The topological polar surface area (TPSA) is 32.3 Å². The van der Waals surface area contributed by atoms with Crippen LogP contribution in [0.2, 0.25) is 0 Å². The lowest BCUT2D eigenvalue weighted by Crippen LogP contribution is -2.44. The molecule has 1 unspecified atom stereocenters. The van der Waals surface area contributed by atoms with Crippen molar-refractivity contribution in [3.05, 3.63) is 35.4 Å². The van der Waals surface area contributed by atoms with Crippen molar-refractivity contribution in [1.29, 1.82) is 0 Å². The minimum atomic E-state index is -4.46. The molecule has 1 aromatic carbocycles. The molecule has 0 radical (unpaired) electrons. The van der Waals surface area contributed by atoms with Gasteiger partial charge in [0.1, 0.15) is 6.04 Å². The number of hydrogen-bond donors (Lipinski definition) is 1. The number of halogens is 3. The van der Waals surface area contributed by atoms with Crippen molar-refractivity contribution >= 4 is 5.91 Å². The molecule has 1 aliphatic rings. The highest BCUT2D eigenvalue weighted by Crippen LogP contribution is 2.41. The van der Waals surface area contributed by atoms with Crippen LogP contribution in [0.25, 0.3) is 0 Å². The number of nitrogens with zero attached hydrogens (tertiary/aromatic N) is 1. The van der Waals surface area contributed by atoms with Crippen LogP contribution in [0.1, 0.15) is 50.8 Å². The van der Waals surface area contributed by atoms with Gasteiger partial charge < -0.3 is 0 Å². The Balaban J connectivity index is 2.40. The second kappa shape index (κ2) is 6.51. The highest BCUT2D eigenvalue weighted by atomic mass is 19.4. The molecular weight excluding hydrogens is 305 g/mol. The van der Waals surface area contributed by atoms with E-state index in [2.05, 4.69) is 5.43 Å². The van der Waals surface area contributed by atoms with Crippen LogP contribution in [0.15, 0.2) is 24.3 Å². The molecule has 0 aliphatic carbocycles. The Bertz CT molecular complexity index is 569. The van der Waals surface area contributed by atoms with E-state index in [-0.39, 0.29) is 18.0 Å². The molecule has 2 rings (SSSR count). The van der Waals surface area contributed by atoms with Gasteiger partial charge >= 0.3 is 6.18 Å². The van der Waals surface area contributed by atoms with Gasteiger partial charge in [0.2, 0.25) is 5.91 Å². The monoisotopic (exact) mass is 328 g/mol. The van der Waals surface area contributed by atoms with Crippen LogP contribution in [0.5, 0.6) is 0 Å². The molecule has 1 aliphatic heterocycles. The zero-order chi connectivity index (χ0) is 17.3. The van der Waals surface area contributed by atoms with Gasteiger partial charge in [-0.1, -0.05) is 37.6 Å². The molecule has 0 saturated carbocycles. The summed E-state index contributed by atoms with van der Waals surface area (Å²) in [6.45, 7) is 5.34. The van der Waals surface area contributed by atoms with Gasteiger partial charge in [0.25, 0.3) is 0 Å². The highest BCUT2D eigenvalue weighted by molar-refractivity contribution is 5.83. The van der Waals surface area contributed by atoms with E-state index in [1.165, 1.54) is 6.07 Å². The number of benzene rings is 1. The van der Waals surface area contributed by atoms with Crippen LogP contribution < -0.4 is 5.43 Å². The molecule has 1 aromatic rings. The summed E-state index contributed by atoms with van der Waals surface area (Å²) in [5.41, 5.74) is 2.49. The number of rotatable bonds is 5. The van der Waals surface area contributed by atoms with Gasteiger partial charge in [0, 0.05) is 6.54 Å². The standard InChI is InChI=1S/C17H23F3N2O/c1-4-5-8-12-9-6-7-10-13(12)14(17(18,19)20)22-11-16(2,3)15(23)21-22/h6-7,9-10,14H,4-5,8,11H2,1-3H3,(H,21,23). The summed E-state index contributed by atoms with van der Waals surface area (Å²) in [6, 6.07) is 4.82. The molecule has 1 amide bonds. The Morgan fingerprint density at radius 1 is 1.30 bits per heavy atom. The number of carbonyl (C=O) groups is 1. The molecule has 1 atom stereocenters. The molecule has 1 N–H and O–H groups in total. The number of alkyl halides is 3. The third-order valence-corrected chi connectivity index (χ3v) is 4.20. The maximum absolute atomic E-state index is 13.7. The van der Waals surface area contributed by atoms with E-state index < -0.39 is 17.6 Å². The van der Waals surface area contributed by atoms with E-state index in [1.807, 2.05) is 6.92 Å². The third kappa shape index (κ3) is 3.86. The lowest BCUT2D eigenvalue weighted by Gasteiger charge is -2.31. The number of hydrazine groups is 1. The smallest absolute Gasteiger partial charge is 0.287 e. The average Bonchev–Trinajstić information content (AvgIpc) is 2.70. The molecule has 1 fully saturated rings. The van der Waals surface area contributed by atoms with Gasteiger partial charge in [0.15, 0.2) is 0 Å². The minimum absolute atomic E-state index is 0.0259. The fourth-order valence-electron chi connectivity index (χ4n) is 2.89. The lowest BCUT2D eigenvalue weighted by molar-refractivity contribution is -0.191. The molecule has 6 heteroatoms. The Morgan fingerprint density at radius 3 is 2.48 bits per heavy atom. The van der Waals surface area contributed by atoms with Crippen LogP contribution in [0.4, 0.5) is 13.2 Å². The summed E-state index contributed by atoms with van der Waals surface area (Å²) < 4.78 is 41.2. The average molecular weight is 328 g/mol. The van der Waals surface area contributed by atoms with E-state index in [0.29, 0.717) is 12.0 Å². The first-order valence-corrected chi connectivity index (χ1v) is 7.89. The van der Waals surface area contributed by atoms with Gasteiger partial charge in [-0.05, 0) is 37.8 Å². The quantitative estimate of drug-likeness (QED) is 0.886. The summed E-state index contributed by atoms with van der Waals surface area (Å²) in [6.07, 6.45) is -2.11. The summed E-state index contributed by atoms with van der Waals surface area (Å²) in [7, 11) is 0. The van der Waals surface area contributed by atoms with Gasteiger partial charge in [-0.25, -0.2) is 5.01 Å². The number of aryl methyl sites for hydroxylation is 1. The highest BCUT2D eigenvalue weighted by Gasteiger charge is 2.51. The normalized spacial score (nSPS) is 19.7. The van der Waals surface area contributed by atoms with Crippen molar-refractivity contribution in [3.8, 4) is 0 Å². The maximum Gasteiger partial charge on any atom is 0.409 e. The molecule has 0 spiro atoms. The first-order chi connectivity index (χ1) is 10.7. The number of nitrogens with one attached hydrogen (secondary N) is 1. The van der Waals surface area contributed by atoms with Crippen LogP contribution in [0, 0.1) is 5.41 Å². The SMILES string of the molecule is CCCCc1ccccc1C(N1CC(C)(C)C(=O)N1)C(F)(F)F. The number of hydrogen-bond acceptors (Lipinski definition) is 2. The van der Waals surface area contributed by atoms with E-state index in [1.54, 1.807) is 32.0 Å². The van der Waals surface area contributed by atoms with Crippen molar-refractivity contribution < 1.29 is 18.0 Å². The van der Waals surface area contributed by atoms with E-state index >= 15 is 0 Å². The third-order valence-electron chi connectivity index (χ3n) is 4.20. The summed E-state index contributed by atoms with van der Waals surface area (Å²) in [5, 5.41) is 1.03. The Labute approximate surface area is 134 Å². The number of amides is 1. The van der Waals surface area contributed by atoms with E-state index in [9.17, 15) is 18.0 Å². The van der Waals surface area contributed by atoms with Crippen LogP contribution in [-0.2, 0) is 11.2 Å². The summed E-state index contributed by atoms with van der Waals surface area (Å²) in [4.78, 5) is 11.9. The van der Waals surface area contributed by atoms with Crippen LogP contribution in [-0.4, -0.2) is 23.6 Å². The van der Waals surface area contributed by atoms with E-state index in [4.69, 9.17) is 0 Å². The minimum Gasteiger partial charge on any atom is -0.287 e. The largest absolute Gasteiger partial charge is 0.409 e. The van der Waals surface area contributed by atoms with Gasteiger partial charge in [-0.2, -0.15) is 13.2 Å². The summed E-state index contributed by atoms with van der Waals surface area (Å²) in [5.74, 6) is -0.377. The fraction of sp³-hybridized carbons (Fsp3) is 0.588. The van der Waals surface area contributed by atoms with Crippen molar-refractivity contribution in [1.82, 2.24) is 10.4 Å². The molecule has 1 saturated heterocycles. The number of carbonyl (C=O) groups excluding carboxylic acids is 1. The second-order valence-corrected chi connectivity index (χ2v) is 6.70. The Hall–Kier alpha value is -1.56. The van der Waals surface area contributed by atoms with Gasteiger partial charge in [0.05, 0.1) is 5.41 Å². The van der Waals surface area contributed by atoms with Crippen molar-refractivity contribution in [2.45, 2.75) is 52.3 Å². The predicted molar refractivity (Wildman–Crippen MR) is 82.5 cm³/mol. The molecule has 3 nitrogen and oxygen atoms in total. The zero-order valence-electron chi connectivity index (χ0n) is 13.7. The van der Waals surface area contributed by atoms with Crippen molar-refractivity contribution in [2.24, 2.45) is 5.41 Å². The fourth-order valence-corrected chi connectivity index (χ4v) is 2.89. The Morgan fingerprint density at radius 2 is 1.96 bits per heavy atom. The first-order valence-electron chi connectivity index (χ1n) is 7.89. The van der Waals surface area contributed by atoms with Gasteiger partial charge in [-0.15, -0.1) is 0 Å².